The van der Waals surface area contributed by atoms with Gasteiger partial charge in [0.15, 0.2) is 0 Å². The van der Waals surface area contributed by atoms with Gasteiger partial charge in [0, 0.05) is 11.1 Å². The first-order valence-corrected chi connectivity index (χ1v) is 9.62. The third-order valence-electron chi connectivity index (χ3n) is 5.25. The van der Waals surface area contributed by atoms with Gasteiger partial charge in [0.25, 0.3) is 0 Å². The molecule has 0 saturated heterocycles. The fourth-order valence-corrected chi connectivity index (χ4v) is 3.84. The molecule has 0 bridgehead atoms. The van der Waals surface area contributed by atoms with Gasteiger partial charge >= 0.3 is 6.18 Å². The first kappa shape index (κ1) is 21.0. The van der Waals surface area contributed by atoms with Crippen LogP contribution in [0.1, 0.15) is 48.9 Å². The Bertz CT molecular complexity index is 1210. The van der Waals surface area contributed by atoms with E-state index < -0.39 is 23.4 Å². The molecular weight excluding hydrogens is 413 g/mol. The standard InChI is InChI=1S/C23H18F5N3/c1-4-13-19-14(11(2)3)8-12(23(26,27)28)9-15(19)21-18(10-29-31-21)30-22(13)20-16(24)6-5-7-17(20)25/h4-11H,1-3H3,(H,29,31)/b13-4+. The first-order chi connectivity index (χ1) is 14.6. The fourth-order valence-electron chi connectivity index (χ4n) is 3.84. The van der Waals surface area contributed by atoms with E-state index in [4.69, 9.17) is 0 Å². The maximum atomic E-state index is 14.7. The van der Waals surface area contributed by atoms with Gasteiger partial charge in [0.1, 0.15) is 17.3 Å². The lowest BCUT2D eigenvalue weighted by Gasteiger charge is -2.22. The van der Waals surface area contributed by atoms with Gasteiger partial charge in [0.05, 0.1) is 28.7 Å². The zero-order valence-electron chi connectivity index (χ0n) is 16.9. The molecule has 0 unspecified atom stereocenters. The van der Waals surface area contributed by atoms with E-state index in [0.29, 0.717) is 16.7 Å². The quantitative estimate of drug-likeness (QED) is 0.435. The monoisotopic (exact) mass is 431 g/mol. The Labute approximate surface area is 175 Å². The highest BCUT2D eigenvalue weighted by atomic mass is 19.4. The predicted octanol–water partition coefficient (Wildman–Crippen LogP) is 7.03. The van der Waals surface area contributed by atoms with E-state index in [9.17, 15) is 22.0 Å². The number of aromatic nitrogens is 2. The van der Waals surface area contributed by atoms with Crippen molar-refractivity contribution in [1.29, 1.82) is 0 Å². The summed E-state index contributed by atoms with van der Waals surface area (Å²) in [7, 11) is 0. The van der Waals surface area contributed by atoms with E-state index in [2.05, 4.69) is 15.2 Å². The number of aliphatic imine (C=N–C) groups is 1. The number of nitrogens with zero attached hydrogens (tertiary/aromatic N) is 2. The van der Waals surface area contributed by atoms with Gasteiger partial charge in [-0.15, -0.1) is 0 Å². The number of nitrogens with one attached hydrogen (secondary N) is 1. The highest BCUT2D eigenvalue weighted by Gasteiger charge is 2.35. The van der Waals surface area contributed by atoms with Crippen LogP contribution in [0, 0.1) is 11.6 Å². The van der Waals surface area contributed by atoms with Crippen LogP contribution in [0.3, 0.4) is 0 Å². The van der Waals surface area contributed by atoms with Gasteiger partial charge in [0.2, 0.25) is 0 Å². The molecule has 160 valence electrons. The average Bonchev–Trinajstić information content (AvgIpc) is 3.10. The van der Waals surface area contributed by atoms with Crippen LogP contribution >= 0.6 is 0 Å². The molecule has 0 saturated carbocycles. The number of H-pyrrole nitrogens is 1. The van der Waals surface area contributed by atoms with Crippen LogP contribution in [0.5, 0.6) is 0 Å². The van der Waals surface area contributed by atoms with Crippen molar-refractivity contribution < 1.29 is 22.0 Å². The summed E-state index contributed by atoms with van der Waals surface area (Å²) in [4.78, 5) is 4.44. The van der Waals surface area contributed by atoms with E-state index in [1.807, 2.05) is 0 Å². The first-order valence-electron chi connectivity index (χ1n) is 9.62. The second kappa shape index (κ2) is 7.44. The normalized spacial score (nSPS) is 15.0. The van der Waals surface area contributed by atoms with Crippen molar-refractivity contribution in [3.63, 3.8) is 0 Å². The highest BCUT2D eigenvalue weighted by Crippen LogP contribution is 2.46. The van der Waals surface area contributed by atoms with Crippen molar-refractivity contribution in [2.75, 3.05) is 0 Å². The van der Waals surface area contributed by atoms with Crippen LogP contribution in [0.25, 0.3) is 16.8 Å². The molecule has 0 fully saturated rings. The molecule has 0 radical (unpaired) electrons. The van der Waals surface area contributed by atoms with Crippen LogP contribution in [-0.2, 0) is 6.18 Å². The minimum atomic E-state index is -4.57. The number of benzene rings is 2. The Kier molecular flexibility index (Phi) is 5.03. The number of hydrogen-bond donors (Lipinski definition) is 1. The Morgan fingerprint density at radius 3 is 2.29 bits per heavy atom. The Morgan fingerprint density at radius 2 is 1.71 bits per heavy atom. The van der Waals surface area contributed by atoms with Crippen LogP contribution < -0.4 is 0 Å². The summed E-state index contributed by atoms with van der Waals surface area (Å²) in [6.45, 7) is 5.19. The SMILES string of the molecule is C/C=C1/C(c2c(F)cccc2F)=Nc2cn[nH]c2-c2cc(C(F)(F)F)cc(C(C)C)c21. The second-order valence-corrected chi connectivity index (χ2v) is 7.53. The van der Waals surface area contributed by atoms with Gasteiger partial charge in [-0.25, -0.2) is 13.8 Å². The van der Waals surface area contributed by atoms with Crippen molar-refractivity contribution in [3.05, 3.63) is 76.5 Å². The number of aromatic amines is 1. The summed E-state index contributed by atoms with van der Waals surface area (Å²) >= 11 is 0. The Hall–Kier alpha value is -3.29. The minimum absolute atomic E-state index is 0.00107. The minimum Gasteiger partial charge on any atom is -0.276 e. The summed E-state index contributed by atoms with van der Waals surface area (Å²) < 4.78 is 70.4. The third kappa shape index (κ3) is 3.45. The van der Waals surface area contributed by atoms with Crippen molar-refractivity contribution in [3.8, 4) is 11.3 Å². The van der Waals surface area contributed by atoms with E-state index >= 15 is 0 Å². The number of fused-ring (bicyclic) bond motifs is 3. The lowest BCUT2D eigenvalue weighted by molar-refractivity contribution is -0.137. The summed E-state index contributed by atoms with van der Waals surface area (Å²) in [5.74, 6) is -1.93. The van der Waals surface area contributed by atoms with E-state index in [-0.39, 0.29) is 34.1 Å². The smallest absolute Gasteiger partial charge is 0.276 e. The lowest BCUT2D eigenvalue weighted by Crippen LogP contribution is -2.13. The van der Waals surface area contributed by atoms with Gasteiger partial charge in [-0.3, -0.25) is 5.10 Å². The average molecular weight is 431 g/mol. The van der Waals surface area contributed by atoms with Gasteiger partial charge in [-0.05, 0) is 48.2 Å². The second-order valence-electron chi connectivity index (χ2n) is 7.53. The van der Waals surface area contributed by atoms with Crippen LogP contribution in [0.4, 0.5) is 27.6 Å². The molecule has 3 aromatic rings. The molecule has 0 atom stereocenters. The highest BCUT2D eigenvalue weighted by molar-refractivity contribution is 6.34. The van der Waals surface area contributed by atoms with Crippen LogP contribution in [0.15, 0.2) is 47.6 Å². The molecule has 1 aliphatic heterocycles. The number of rotatable bonds is 2. The van der Waals surface area contributed by atoms with Crippen LogP contribution in [-0.4, -0.2) is 15.9 Å². The molecule has 1 aromatic heterocycles. The maximum Gasteiger partial charge on any atom is 0.416 e. The maximum absolute atomic E-state index is 14.7. The zero-order chi connectivity index (χ0) is 22.5. The molecule has 0 spiro atoms. The van der Waals surface area contributed by atoms with Crippen molar-refractivity contribution >= 4 is 17.0 Å². The van der Waals surface area contributed by atoms with Gasteiger partial charge in [-0.1, -0.05) is 26.0 Å². The van der Waals surface area contributed by atoms with E-state index in [0.717, 1.165) is 24.3 Å². The molecular formula is C23H18F5N3. The summed E-state index contributed by atoms with van der Waals surface area (Å²) in [5.41, 5.74) is 0.715. The fraction of sp³-hybridized carbons (Fsp3) is 0.217. The van der Waals surface area contributed by atoms with E-state index in [1.54, 1.807) is 26.8 Å². The zero-order valence-corrected chi connectivity index (χ0v) is 16.9. The van der Waals surface area contributed by atoms with E-state index in [1.165, 1.54) is 12.3 Å². The Balaban J connectivity index is 2.14. The molecule has 3 nitrogen and oxygen atoms in total. The third-order valence-corrected chi connectivity index (χ3v) is 5.25. The molecule has 2 aromatic carbocycles. The molecule has 31 heavy (non-hydrogen) atoms. The van der Waals surface area contributed by atoms with Gasteiger partial charge in [-0.2, -0.15) is 18.3 Å². The van der Waals surface area contributed by atoms with Crippen molar-refractivity contribution in [2.24, 2.45) is 4.99 Å². The largest absolute Gasteiger partial charge is 0.416 e. The molecule has 4 rings (SSSR count). The molecule has 2 heterocycles. The summed E-state index contributed by atoms with van der Waals surface area (Å²) in [5, 5.41) is 6.62. The number of alkyl halides is 3. The summed E-state index contributed by atoms with van der Waals surface area (Å²) in [6, 6.07) is 5.59. The Morgan fingerprint density at radius 1 is 1.03 bits per heavy atom. The number of allylic oxidation sites excluding steroid dienone is 2. The molecule has 0 aliphatic carbocycles. The number of halogens is 5. The van der Waals surface area contributed by atoms with Crippen molar-refractivity contribution in [1.82, 2.24) is 10.2 Å². The van der Waals surface area contributed by atoms with Crippen LogP contribution in [0.2, 0.25) is 0 Å². The van der Waals surface area contributed by atoms with Crippen molar-refractivity contribution in [2.45, 2.75) is 32.9 Å². The molecule has 8 heteroatoms. The molecule has 1 N–H and O–H groups in total. The molecule has 0 amide bonds. The summed E-state index contributed by atoms with van der Waals surface area (Å²) in [6.07, 6.45) is -1.63. The lowest BCUT2D eigenvalue weighted by atomic mass is 9.83. The predicted molar refractivity (Wildman–Crippen MR) is 109 cm³/mol. The number of hydrogen-bond acceptors (Lipinski definition) is 2. The topological polar surface area (TPSA) is 41.0 Å². The molecule has 1 aliphatic rings. The van der Waals surface area contributed by atoms with Gasteiger partial charge < -0.3 is 0 Å².